The Kier molecular flexibility index (Phi) is 3.25. The van der Waals surface area contributed by atoms with Crippen molar-refractivity contribution in [2.24, 2.45) is 0 Å². The van der Waals surface area contributed by atoms with Crippen LogP contribution >= 0.6 is 0 Å². The van der Waals surface area contributed by atoms with Crippen LogP contribution in [-0.4, -0.2) is 21.8 Å². The zero-order valence-electron chi connectivity index (χ0n) is 8.57. The number of hydrogen-bond acceptors (Lipinski definition) is 3. The number of hydrogen-bond donors (Lipinski definition) is 2. The highest BCUT2D eigenvalue weighted by Gasteiger charge is 2.30. The normalized spacial score (nSPS) is 13.9. The zero-order valence-corrected chi connectivity index (χ0v) is 8.57. The van der Waals surface area contributed by atoms with E-state index in [1.54, 1.807) is 6.07 Å². The largest absolute Gasteiger partial charge is 0.479 e. The lowest BCUT2D eigenvalue weighted by molar-refractivity contribution is -0.156. The second-order valence-corrected chi connectivity index (χ2v) is 3.68. The Morgan fingerprint density at radius 1 is 1.62 bits per heavy atom. The molecule has 0 saturated heterocycles. The van der Waals surface area contributed by atoms with E-state index in [2.05, 4.69) is 0 Å². The summed E-state index contributed by atoms with van der Waals surface area (Å²) in [5.41, 5.74) is -1.70. The van der Waals surface area contributed by atoms with Gasteiger partial charge in [0.15, 0.2) is 5.60 Å². The Labute approximate surface area is 91.6 Å². The second-order valence-electron chi connectivity index (χ2n) is 3.68. The van der Waals surface area contributed by atoms with Gasteiger partial charge in [0.1, 0.15) is 11.9 Å². The molecule has 16 heavy (non-hydrogen) atoms. The van der Waals surface area contributed by atoms with Crippen LogP contribution in [0.3, 0.4) is 0 Å². The number of carboxylic acids is 1. The van der Waals surface area contributed by atoms with Gasteiger partial charge in [-0.25, -0.2) is 9.18 Å². The summed E-state index contributed by atoms with van der Waals surface area (Å²) in [6.45, 7) is 1.14. The molecule has 0 radical (unpaired) electrons. The maximum Gasteiger partial charge on any atom is 0.335 e. The van der Waals surface area contributed by atoms with Crippen LogP contribution in [-0.2, 0) is 11.2 Å². The number of rotatable bonds is 3. The molecule has 0 bridgehead atoms. The van der Waals surface area contributed by atoms with Crippen molar-refractivity contribution in [3.8, 4) is 6.07 Å². The summed E-state index contributed by atoms with van der Waals surface area (Å²) in [5.74, 6) is -2.03. The first-order valence-electron chi connectivity index (χ1n) is 4.51. The van der Waals surface area contributed by atoms with E-state index in [9.17, 15) is 14.3 Å². The summed E-state index contributed by atoms with van der Waals surface area (Å²) in [7, 11) is 0. The second kappa shape index (κ2) is 4.29. The Hall–Kier alpha value is -1.93. The number of carboxylic acid groups (broad SMARTS) is 1. The minimum Gasteiger partial charge on any atom is -0.479 e. The van der Waals surface area contributed by atoms with Crippen LogP contribution in [0.25, 0.3) is 0 Å². The SMILES string of the molecule is CC(O)(Cc1ccc(F)c(C#N)c1)C(=O)O. The average Bonchev–Trinajstić information content (AvgIpc) is 2.20. The number of halogens is 1. The van der Waals surface area contributed by atoms with Gasteiger partial charge < -0.3 is 10.2 Å². The van der Waals surface area contributed by atoms with Crippen molar-refractivity contribution in [2.75, 3.05) is 0 Å². The molecule has 1 rings (SSSR count). The quantitative estimate of drug-likeness (QED) is 0.803. The van der Waals surface area contributed by atoms with Crippen LogP contribution in [0.5, 0.6) is 0 Å². The molecule has 0 saturated carbocycles. The molecular formula is C11H10FNO3. The van der Waals surface area contributed by atoms with Gasteiger partial charge in [0.2, 0.25) is 0 Å². The van der Waals surface area contributed by atoms with Gasteiger partial charge in [0.25, 0.3) is 0 Å². The summed E-state index contributed by atoms with van der Waals surface area (Å²) in [4.78, 5) is 10.7. The lowest BCUT2D eigenvalue weighted by atomic mass is 9.96. The van der Waals surface area contributed by atoms with Crippen molar-refractivity contribution < 1.29 is 19.4 Å². The van der Waals surface area contributed by atoms with Crippen molar-refractivity contribution in [1.82, 2.24) is 0 Å². The highest BCUT2D eigenvalue weighted by atomic mass is 19.1. The fourth-order valence-corrected chi connectivity index (χ4v) is 1.24. The van der Waals surface area contributed by atoms with Crippen LogP contribution < -0.4 is 0 Å². The smallest absolute Gasteiger partial charge is 0.335 e. The lowest BCUT2D eigenvalue weighted by Crippen LogP contribution is -2.37. The maximum atomic E-state index is 13.0. The minimum atomic E-state index is -1.93. The number of aliphatic carboxylic acids is 1. The van der Waals surface area contributed by atoms with Crippen molar-refractivity contribution in [3.63, 3.8) is 0 Å². The highest BCUT2D eigenvalue weighted by molar-refractivity contribution is 5.77. The van der Waals surface area contributed by atoms with Gasteiger partial charge in [-0.2, -0.15) is 5.26 Å². The van der Waals surface area contributed by atoms with E-state index in [0.29, 0.717) is 5.56 Å². The van der Waals surface area contributed by atoms with E-state index >= 15 is 0 Å². The number of nitriles is 1. The van der Waals surface area contributed by atoms with Gasteiger partial charge in [-0.15, -0.1) is 0 Å². The standard InChI is InChI=1S/C11H10FNO3/c1-11(16,10(14)15)5-7-2-3-9(12)8(4-7)6-13/h2-4,16H,5H2,1H3,(H,14,15). The van der Waals surface area contributed by atoms with Crippen LogP contribution in [0.1, 0.15) is 18.1 Å². The van der Waals surface area contributed by atoms with Gasteiger partial charge in [0.05, 0.1) is 5.56 Å². The molecular weight excluding hydrogens is 213 g/mol. The molecule has 5 heteroatoms. The van der Waals surface area contributed by atoms with Crippen molar-refractivity contribution >= 4 is 5.97 Å². The summed E-state index contributed by atoms with van der Waals surface area (Å²) in [6.07, 6.45) is -0.183. The van der Waals surface area contributed by atoms with Gasteiger partial charge in [0, 0.05) is 6.42 Å². The maximum absolute atomic E-state index is 13.0. The molecule has 84 valence electrons. The minimum absolute atomic E-state index is 0.168. The molecule has 2 N–H and O–H groups in total. The zero-order chi connectivity index (χ0) is 12.3. The summed E-state index contributed by atoms with van der Waals surface area (Å²) >= 11 is 0. The van der Waals surface area contributed by atoms with Gasteiger partial charge >= 0.3 is 5.97 Å². The number of benzene rings is 1. The molecule has 0 fully saturated rings. The molecule has 4 nitrogen and oxygen atoms in total. The van der Waals surface area contributed by atoms with E-state index in [1.165, 1.54) is 12.1 Å². The first-order valence-corrected chi connectivity index (χ1v) is 4.51. The Morgan fingerprint density at radius 3 is 2.75 bits per heavy atom. The van der Waals surface area contributed by atoms with E-state index in [-0.39, 0.29) is 12.0 Å². The third-order valence-corrected chi connectivity index (χ3v) is 2.16. The van der Waals surface area contributed by atoms with Crippen LogP contribution in [0.15, 0.2) is 18.2 Å². The third-order valence-electron chi connectivity index (χ3n) is 2.16. The number of aliphatic hydroxyl groups is 1. The van der Waals surface area contributed by atoms with Crippen molar-refractivity contribution in [2.45, 2.75) is 18.9 Å². The third kappa shape index (κ3) is 2.55. The molecule has 0 amide bonds. The monoisotopic (exact) mass is 223 g/mol. The van der Waals surface area contributed by atoms with Crippen LogP contribution in [0, 0.1) is 17.1 Å². The molecule has 0 aliphatic heterocycles. The molecule has 1 aromatic rings. The van der Waals surface area contributed by atoms with E-state index in [0.717, 1.165) is 13.0 Å². The average molecular weight is 223 g/mol. The Balaban J connectivity index is 3.00. The predicted molar refractivity (Wildman–Crippen MR) is 53.1 cm³/mol. The van der Waals surface area contributed by atoms with Crippen molar-refractivity contribution in [1.29, 1.82) is 5.26 Å². The first-order chi connectivity index (χ1) is 7.36. The van der Waals surface area contributed by atoms with E-state index < -0.39 is 17.4 Å². The number of carbonyl (C=O) groups is 1. The molecule has 0 heterocycles. The van der Waals surface area contributed by atoms with Gasteiger partial charge in [-0.1, -0.05) is 6.07 Å². The Bertz CT molecular complexity index is 463. The van der Waals surface area contributed by atoms with Crippen LogP contribution in [0.2, 0.25) is 0 Å². The van der Waals surface area contributed by atoms with Crippen LogP contribution in [0.4, 0.5) is 4.39 Å². The molecule has 0 spiro atoms. The summed E-state index contributed by atoms with van der Waals surface area (Å²) in [5, 5.41) is 26.8. The summed E-state index contributed by atoms with van der Waals surface area (Å²) < 4.78 is 13.0. The molecule has 1 unspecified atom stereocenters. The predicted octanol–water partition coefficient (Wildman–Crippen LogP) is 1.08. The first kappa shape index (κ1) is 12.1. The fourth-order valence-electron chi connectivity index (χ4n) is 1.24. The number of nitrogens with zero attached hydrogens (tertiary/aromatic N) is 1. The molecule has 0 aliphatic rings. The van der Waals surface area contributed by atoms with E-state index in [4.69, 9.17) is 10.4 Å². The molecule has 0 aliphatic carbocycles. The molecule has 1 atom stereocenters. The lowest BCUT2D eigenvalue weighted by Gasteiger charge is -2.17. The van der Waals surface area contributed by atoms with Gasteiger partial charge in [-0.3, -0.25) is 0 Å². The molecule has 0 aromatic heterocycles. The summed E-state index contributed by atoms with van der Waals surface area (Å²) in [6, 6.07) is 5.29. The highest BCUT2D eigenvalue weighted by Crippen LogP contribution is 2.16. The Morgan fingerprint density at radius 2 is 2.25 bits per heavy atom. The topological polar surface area (TPSA) is 81.3 Å². The van der Waals surface area contributed by atoms with Crippen molar-refractivity contribution in [3.05, 3.63) is 35.1 Å². The van der Waals surface area contributed by atoms with Gasteiger partial charge in [-0.05, 0) is 24.6 Å². The fraction of sp³-hybridized carbons (Fsp3) is 0.273. The molecule has 1 aromatic carbocycles. The van der Waals surface area contributed by atoms with E-state index in [1.807, 2.05) is 0 Å².